The molecule has 32 heavy (non-hydrogen) atoms. The van der Waals surface area contributed by atoms with Gasteiger partial charge in [-0.1, -0.05) is 43.4 Å². The normalized spacial score (nSPS) is 14.5. The molecular weight excluding hydrogens is 426 g/mol. The van der Waals surface area contributed by atoms with Gasteiger partial charge in [-0.3, -0.25) is 4.79 Å². The Kier molecular flexibility index (Phi) is 5.58. The summed E-state index contributed by atoms with van der Waals surface area (Å²) in [5.41, 5.74) is 2.53. The number of ether oxygens (including phenoxy) is 1. The Hall–Kier alpha value is -2.78. The number of H-pyrrole nitrogens is 1. The van der Waals surface area contributed by atoms with Crippen LogP contribution in [0.1, 0.15) is 66.9 Å². The van der Waals surface area contributed by atoms with Gasteiger partial charge < -0.3 is 19.9 Å². The Bertz CT molecular complexity index is 1290. The molecule has 2 aromatic carbocycles. The first-order valence-electron chi connectivity index (χ1n) is 10.6. The number of halogens is 1. The second-order valence-corrected chi connectivity index (χ2v) is 9.58. The van der Waals surface area contributed by atoms with Crippen LogP contribution in [0, 0.1) is 11.8 Å². The molecule has 1 aliphatic rings. The third-order valence-corrected chi connectivity index (χ3v) is 5.95. The van der Waals surface area contributed by atoms with Crippen molar-refractivity contribution in [1.29, 1.82) is 0 Å². The Labute approximate surface area is 192 Å². The number of ketones is 1. The molecular formula is C26H26ClNO4. The van der Waals surface area contributed by atoms with Gasteiger partial charge >= 0.3 is 0 Å². The van der Waals surface area contributed by atoms with E-state index in [9.17, 15) is 9.90 Å². The van der Waals surface area contributed by atoms with Gasteiger partial charge in [-0.2, -0.15) is 0 Å². The number of aliphatic hydroxyl groups is 2. The Morgan fingerprint density at radius 1 is 1.22 bits per heavy atom. The highest BCUT2D eigenvalue weighted by atomic mass is 35.5. The van der Waals surface area contributed by atoms with Crippen LogP contribution in [-0.4, -0.2) is 39.8 Å². The summed E-state index contributed by atoms with van der Waals surface area (Å²) in [7, 11) is 0. The molecule has 1 aliphatic carbocycles. The van der Waals surface area contributed by atoms with Gasteiger partial charge in [-0.25, -0.2) is 0 Å². The van der Waals surface area contributed by atoms with Crippen molar-refractivity contribution in [3.8, 4) is 17.6 Å². The zero-order chi connectivity index (χ0) is 23.3. The first-order chi connectivity index (χ1) is 15.0. The second kappa shape index (κ2) is 7.97. The van der Waals surface area contributed by atoms with Crippen LogP contribution < -0.4 is 4.74 Å². The predicted molar refractivity (Wildman–Crippen MR) is 126 cm³/mol. The molecule has 0 spiro atoms. The van der Waals surface area contributed by atoms with Crippen LogP contribution in [-0.2, 0) is 5.41 Å². The van der Waals surface area contributed by atoms with E-state index in [0.29, 0.717) is 40.5 Å². The summed E-state index contributed by atoms with van der Waals surface area (Å²) < 4.78 is 5.92. The molecule has 3 aromatic rings. The molecule has 0 fully saturated rings. The minimum absolute atomic E-state index is 0.0145. The fraction of sp³-hybridized carbons (Fsp3) is 0.346. The average Bonchev–Trinajstić information content (AvgIpc) is 3.10. The smallest absolute Gasteiger partial charge is 0.195 e. The van der Waals surface area contributed by atoms with Gasteiger partial charge in [0.15, 0.2) is 5.78 Å². The highest BCUT2D eigenvalue weighted by Gasteiger charge is 2.40. The number of aromatic nitrogens is 1. The Morgan fingerprint density at radius 3 is 2.66 bits per heavy atom. The molecule has 3 N–H and O–H groups in total. The van der Waals surface area contributed by atoms with Crippen molar-refractivity contribution < 1.29 is 19.7 Å². The molecule has 166 valence electrons. The lowest BCUT2D eigenvalue weighted by molar-refractivity contribution is 0.103. The quantitative estimate of drug-likeness (QED) is 0.400. The van der Waals surface area contributed by atoms with Gasteiger partial charge in [0.1, 0.15) is 11.4 Å². The molecule has 0 unspecified atom stereocenters. The standard InChI is InChI=1S/C26H26ClNO4/c1-25(2,31)9-8-15-12-18-19(14-21(15)32-11-5-10-29)26(3,4)24-22(23(18)30)17-7-6-16(27)13-20(17)28-24/h6-7,12-14,28-29,31H,5,10-11H2,1-4H3. The summed E-state index contributed by atoms with van der Waals surface area (Å²) in [5.74, 6) is 6.22. The van der Waals surface area contributed by atoms with Crippen molar-refractivity contribution in [2.24, 2.45) is 0 Å². The SMILES string of the molecule is CC(C)(O)C#Cc1cc2c(cc1OCCCO)C(C)(C)c1[nH]c3cc(Cl)ccc3c1C2=O. The third kappa shape index (κ3) is 3.91. The number of carbonyl (C=O) groups is 1. The van der Waals surface area contributed by atoms with Crippen LogP contribution in [0.25, 0.3) is 10.9 Å². The topological polar surface area (TPSA) is 82.5 Å². The van der Waals surface area contributed by atoms with Crippen LogP contribution in [0.2, 0.25) is 5.02 Å². The molecule has 0 atom stereocenters. The monoisotopic (exact) mass is 451 g/mol. The van der Waals surface area contributed by atoms with E-state index in [1.807, 2.05) is 18.2 Å². The number of benzene rings is 2. The molecule has 0 bridgehead atoms. The number of carbonyl (C=O) groups excluding carboxylic acids is 1. The van der Waals surface area contributed by atoms with E-state index in [4.69, 9.17) is 21.4 Å². The molecule has 1 heterocycles. The van der Waals surface area contributed by atoms with Crippen LogP contribution >= 0.6 is 11.6 Å². The molecule has 6 heteroatoms. The fourth-order valence-corrected chi connectivity index (χ4v) is 4.28. The van der Waals surface area contributed by atoms with Crippen molar-refractivity contribution in [3.05, 3.63) is 63.3 Å². The van der Waals surface area contributed by atoms with E-state index in [1.54, 1.807) is 26.0 Å². The Morgan fingerprint density at radius 2 is 1.97 bits per heavy atom. The molecule has 0 saturated carbocycles. The van der Waals surface area contributed by atoms with Crippen molar-refractivity contribution in [3.63, 3.8) is 0 Å². The van der Waals surface area contributed by atoms with E-state index in [-0.39, 0.29) is 12.4 Å². The lowest BCUT2D eigenvalue weighted by atomic mass is 9.71. The van der Waals surface area contributed by atoms with Crippen molar-refractivity contribution in [1.82, 2.24) is 4.98 Å². The van der Waals surface area contributed by atoms with E-state index >= 15 is 0 Å². The predicted octanol–water partition coefficient (Wildman–Crippen LogP) is 4.58. The summed E-state index contributed by atoms with van der Waals surface area (Å²) in [6.07, 6.45) is 0.477. The van der Waals surface area contributed by atoms with E-state index in [1.165, 1.54) is 0 Å². The minimum atomic E-state index is -1.19. The largest absolute Gasteiger partial charge is 0.492 e. The number of nitrogens with one attached hydrogen (secondary N) is 1. The average molecular weight is 452 g/mol. The summed E-state index contributed by atoms with van der Waals surface area (Å²) in [6.45, 7) is 7.66. The van der Waals surface area contributed by atoms with Crippen LogP contribution in [0.4, 0.5) is 0 Å². The lowest BCUT2D eigenvalue weighted by Crippen LogP contribution is -2.30. The van der Waals surface area contributed by atoms with Gasteiger partial charge in [-0.15, -0.1) is 0 Å². The van der Waals surface area contributed by atoms with Crippen LogP contribution in [0.15, 0.2) is 30.3 Å². The Balaban J connectivity index is 1.93. The van der Waals surface area contributed by atoms with Gasteiger partial charge in [0, 0.05) is 45.6 Å². The number of aromatic amines is 1. The molecule has 0 aliphatic heterocycles. The number of hydrogen-bond donors (Lipinski definition) is 3. The molecule has 5 nitrogen and oxygen atoms in total. The summed E-state index contributed by atoms with van der Waals surface area (Å²) in [4.78, 5) is 17.1. The van der Waals surface area contributed by atoms with E-state index < -0.39 is 11.0 Å². The van der Waals surface area contributed by atoms with Gasteiger partial charge in [0.05, 0.1) is 17.7 Å². The van der Waals surface area contributed by atoms with Crippen LogP contribution in [0.3, 0.4) is 0 Å². The molecule has 0 saturated heterocycles. The summed E-state index contributed by atoms with van der Waals surface area (Å²) in [6, 6.07) is 9.09. The maximum atomic E-state index is 13.7. The van der Waals surface area contributed by atoms with Gasteiger partial charge in [-0.05, 0) is 43.7 Å². The van der Waals surface area contributed by atoms with Gasteiger partial charge in [0.2, 0.25) is 0 Å². The van der Waals surface area contributed by atoms with Gasteiger partial charge in [0.25, 0.3) is 0 Å². The van der Waals surface area contributed by atoms with E-state index in [2.05, 4.69) is 30.7 Å². The van der Waals surface area contributed by atoms with Crippen molar-refractivity contribution >= 4 is 28.3 Å². The van der Waals surface area contributed by atoms with Crippen LogP contribution in [0.5, 0.6) is 5.75 Å². The zero-order valence-electron chi connectivity index (χ0n) is 18.6. The zero-order valence-corrected chi connectivity index (χ0v) is 19.4. The molecule has 4 rings (SSSR count). The first kappa shape index (κ1) is 22.4. The maximum Gasteiger partial charge on any atom is 0.195 e. The molecule has 0 amide bonds. The number of rotatable bonds is 4. The summed E-state index contributed by atoms with van der Waals surface area (Å²) >= 11 is 6.18. The van der Waals surface area contributed by atoms with Crippen molar-refractivity contribution in [2.45, 2.75) is 45.1 Å². The highest BCUT2D eigenvalue weighted by Crippen LogP contribution is 2.45. The molecule has 0 radical (unpaired) electrons. The number of aliphatic hydroxyl groups excluding tert-OH is 1. The third-order valence-electron chi connectivity index (χ3n) is 5.71. The van der Waals surface area contributed by atoms with Crippen molar-refractivity contribution in [2.75, 3.05) is 13.2 Å². The number of hydrogen-bond acceptors (Lipinski definition) is 4. The minimum Gasteiger partial charge on any atom is -0.492 e. The first-order valence-corrected chi connectivity index (χ1v) is 10.9. The highest BCUT2D eigenvalue weighted by molar-refractivity contribution is 6.31. The molecule has 1 aromatic heterocycles. The maximum absolute atomic E-state index is 13.7. The lowest BCUT2D eigenvalue weighted by Gasteiger charge is -2.32. The van der Waals surface area contributed by atoms with E-state index in [0.717, 1.165) is 22.2 Å². The summed E-state index contributed by atoms with van der Waals surface area (Å²) in [5, 5.41) is 20.6. The second-order valence-electron chi connectivity index (χ2n) is 9.15. The fourth-order valence-electron chi connectivity index (χ4n) is 4.11. The number of fused-ring (bicyclic) bond motifs is 4.